The van der Waals surface area contributed by atoms with E-state index >= 15 is 0 Å². The summed E-state index contributed by atoms with van der Waals surface area (Å²) in [6.45, 7) is 5.29. The minimum Gasteiger partial charge on any atom is -0.354 e. The largest absolute Gasteiger partial charge is 0.354 e. The first-order chi connectivity index (χ1) is 14.7. The molecule has 0 aliphatic rings. The Hall–Kier alpha value is -3.10. The Balaban J connectivity index is 1.77. The van der Waals surface area contributed by atoms with Crippen LogP contribution in [0.4, 0.5) is 11.4 Å². The van der Waals surface area contributed by atoms with E-state index in [2.05, 4.69) is 15.2 Å². The summed E-state index contributed by atoms with van der Waals surface area (Å²) in [6, 6.07) is 11.4. The molecule has 1 aromatic heterocycles. The molecule has 0 unspecified atom stereocenters. The highest BCUT2D eigenvalue weighted by atomic mass is 35.5. The average Bonchev–Trinajstić information content (AvgIpc) is 3.08. The quantitative estimate of drug-likeness (QED) is 0.501. The topological polar surface area (TPSA) is 101 Å². The second-order valence-electron chi connectivity index (χ2n) is 6.88. The van der Waals surface area contributed by atoms with Crippen LogP contribution in [-0.2, 0) is 14.8 Å². The molecule has 3 rings (SSSR count). The third-order valence-electron chi connectivity index (χ3n) is 4.54. The number of carbonyl (C=O) groups excluding carboxylic acids is 1. The Kier molecular flexibility index (Phi) is 6.82. The van der Waals surface area contributed by atoms with Crippen LogP contribution >= 0.6 is 11.6 Å². The first-order valence-corrected chi connectivity index (χ1v) is 11.4. The van der Waals surface area contributed by atoms with Gasteiger partial charge in [0, 0.05) is 11.4 Å². The fourth-order valence-electron chi connectivity index (χ4n) is 2.72. The Bertz CT molecular complexity index is 1230. The number of nitrogens with zero attached hydrogens (tertiary/aromatic N) is 1. The molecule has 0 bridgehead atoms. The number of sulfonamides is 1. The normalized spacial score (nSPS) is 11.6. The predicted molar refractivity (Wildman–Crippen MR) is 123 cm³/mol. The van der Waals surface area contributed by atoms with Crippen molar-refractivity contribution in [1.29, 1.82) is 0 Å². The number of hydrogen-bond donors (Lipinski definition) is 2. The molecule has 0 radical (unpaired) electrons. The lowest BCUT2D eigenvalue weighted by Crippen LogP contribution is -2.13. The molecule has 1 heterocycles. The van der Waals surface area contributed by atoms with E-state index in [0.29, 0.717) is 34.3 Å². The summed E-state index contributed by atoms with van der Waals surface area (Å²) in [5, 5.41) is 7.09. The maximum absolute atomic E-state index is 12.7. The second-order valence-corrected chi connectivity index (χ2v) is 8.99. The molecule has 1 amide bonds. The van der Waals surface area contributed by atoms with E-state index < -0.39 is 10.0 Å². The molecule has 9 heteroatoms. The number of halogens is 1. The number of rotatable bonds is 7. The molecule has 0 saturated heterocycles. The highest BCUT2D eigenvalue weighted by molar-refractivity contribution is 7.92. The number of carbonyl (C=O) groups is 1. The summed E-state index contributed by atoms with van der Waals surface area (Å²) in [4.78, 5) is 11.8. The van der Waals surface area contributed by atoms with Crippen molar-refractivity contribution in [1.82, 2.24) is 5.16 Å². The molecule has 0 fully saturated rings. The van der Waals surface area contributed by atoms with Crippen molar-refractivity contribution in [3.8, 4) is 0 Å². The molecule has 0 aliphatic heterocycles. The van der Waals surface area contributed by atoms with Gasteiger partial charge in [-0.1, -0.05) is 48.0 Å². The smallest absolute Gasteiger partial charge is 0.261 e. The van der Waals surface area contributed by atoms with Gasteiger partial charge in [0.1, 0.15) is 11.4 Å². The van der Waals surface area contributed by atoms with Gasteiger partial charge in [-0.15, -0.1) is 0 Å². The summed E-state index contributed by atoms with van der Waals surface area (Å²) >= 11 is 5.97. The van der Waals surface area contributed by atoms with Gasteiger partial charge in [0.05, 0.1) is 10.6 Å². The highest BCUT2D eigenvalue weighted by Gasteiger charge is 2.16. The Morgan fingerprint density at radius 3 is 2.52 bits per heavy atom. The highest BCUT2D eigenvalue weighted by Crippen LogP contribution is 2.25. The van der Waals surface area contributed by atoms with Crippen LogP contribution in [0.1, 0.15) is 35.9 Å². The monoisotopic (exact) mass is 459 g/mol. The van der Waals surface area contributed by atoms with E-state index in [4.69, 9.17) is 16.1 Å². The zero-order chi connectivity index (χ0) is 22.6. The number of aromatic nitrogens is 1. The molecule has 2 aromatic carbocycles. The van der Waals surface area contributed by atoms with Crippen LogP contribution in [-0.4, -0.2) is 19.5 Å². The number of amides is 1. The van der Waals surface area contributed by atoms with Gasteiger partial charge in [-0.3, -0.25) is 9.52 Å². The van der Waals surface area contributed by atoms with Crippen LogP contribution in [0.15, 0.2) is 51.9 Å². The number of anilines is 2. The molecule has 0 atom stereocenters. The lowest BCUT2D eigenvalue weighted by Gasteiger charge is -2.11. The van der Waals surface area contributed by atoms with Crippen LogP contribution in [0.3, 0.4) is 0 Å². The second kappa shape index (κ2) is 9.36. The standard InChI is InChI=1S/C22H22ClN3O4S/c1-4-21(27)24-22-15(3)25-30-20(22)12-8-16-6-10-18(11-7-16)31(28,29)26-19-13-17(23)9-5-14(19)2/h5-13,26H,4H2,1-3H3,(H,24,27). The Morgan fingerprint density at radius 2 is 1.84 bits per heavy atom. The van der Waals surface area contributed by atoms with Gasteiger partial charge < -0.3 is 9.84 Å². The fourth-order valence-corrected chi connectivity index (χ4v) is 4.01. The molecule has 0 aliphatic carbocycles. The van der Waals surface area contributed by atoms with Crippen LogP contribution in [0, 0.1) is 13.8 Å². The molecule has 0 saturated carbocycles. The summed E-state index contributed by atoms with van der Waals surface area (Å²) < 4.78 is 33.2. The number of nitrogens with one attached hydrogen (secondary N) is 2. The molecule has 31 heavy (non-hydrogen) atoms. The third-order valence-corrected chi connectivity index (χ3v) is 6.15. The molecule has 7 nitrogen and oxygen atoms in total. The summed E-state index contributed by atoms with van der Waals surface area (Å²) in [5.74, 6) is 0.270. The van der Waals surface area contributed by atoms with Crippen molar-refractivity contribution >= 4 is 51.1 Å². The number of aryl methyl sites for hydroxylation is 2. The minimum absolute atomic E-state index is 0.121. The van der Waals surface area contributed by atoms with Crippen molar-refractivity contribution in [3.63, 3.8) is 0 Å². The molecule has 3 aromatic rings. The maximum Gasteiger partial charge on any atom is 0.261 e. The lowest BCUT2D eigenvalue weighted by atomic mass is 10.2. The van der Waals surface area contributed by atoms with Crippen LogP contribution in [0.5, 0.6) is 0 Å². The van der Waals surface area contributed by atoms with Crippen molar-refractivity contribution in [2.45, 2.75) is 32.1 Å². The van der Waals surface area contributed by atoms with Crippen molar-refractivity contribution < 1.29 is 17.7 Å². The van der Waals surface area contributed by atoms with E-state index in [1.165, 1.54) is 12.1 Å². The molecular weight excluding hydrogens is 438 g/mol. The van der Waals surface area contributed by atoms with Gasteiger partial charge in [0.15, 0.2) is 5.76 Å². The van der Waals surface area contributed by atoms with Crippen molar-refractivity contribution in [2.24, 2.45) is 0 Å². The number of benzene rings is 2. The van der Waals surface area contributed by atoms with Crippen LogP contribution in [0.2, 0.25) is 5.02 Å². The molecule has 162 valence electrons. The number of hydrogen-bond acceptors (Lipinski definition) is 5. The maximum atomic E-state index is 12.7. The zero-order valence-corrected chi connectivity index (χ0v) is 18.8. The van der Waals surface area contributed by atoms with E-state index in [9.17, 15) is 13.2 Å². The summed E-state index contributed by atoms with van der Waals surface area (Å²) in [6.07, 6.45) is 3.75. The summed E-state index contributed by atoms with van der Waals surface area (Å²) in [7, 11) is -3.76. The van der Waals surface area contributed by atoms with Gasteiger partial charge in [0.25, 0.3) is 10.0 Å². The van der Waals surface area contributed by atoms with Gasteiger partial charge in [-0.2, -0.15) is 0 Å². The summed E-state index contributed by atoms with van der Waals surface area (Å²) in [5.41, 5.74) is 3.04. The minimum atomic E-state index is -3.76. The van der Waals surface area contributed by atoms with E-state index in [1.807, 2.05) is 0 Å². The van der Waals surface area contributed by atoms with Gasteiger partial charge in [0.2, 0.25) is 5.91 Å². The van der Waals surface area contributed by atoms with Crippen molar-refractivity contribution in [2.75, 3.05) is 10.0 Å². The SMILES string of the molecule is CCC(=O)Nc1c(C)noc1C=Cc1ccc(S(=O)(=O)Nc2cc(Cl)ccc2C)cc1. The van der Waals surface area contributed by atoms with Gasteiger partial charge in [-0.05, 0) is 55.3 Å². The Morgan fingerprint density at radius 1 is 1.13 bits per heavy atom. The van der Waals surface area contributed by atoms with E-state index in [-0.39, 0.29) is 10.8 Å². The Labute approximate surface area is 186 Å². The predicted octanol–water partition coefficient (Wildman–Crippen LogP) is 5.26. The first-order valence-electron chi connectivity index (χ1n) is 9.53. The molecular formula is C22H22ClN3O4S. The van der Waals surface area contributed by atoms with Gasteiger partial charge >= 0.3 is 0 Å². The van der Waals surface area contributed by atoms with E-state index in [0.717, 1.165) is 11.1 Å². The van der Waals surface area contributed by atoms with Crippen molar-refractivity contribution in [3.05, 3.63) is 70.1 Å². The zero-order valence-electron chi connectivity index (χ0n) is 17.3. The van der Waals surface area contributed by atoms with Gasteiger partial charge in [-0.25, -0.2) is 8.42 Å². The molecule has 2 N–H and O–H groups in total. The van der Waals surface area contributed by atoms with Crippen LogP contribution < -0.4 is 10.0 Å². The molecule has 0 spiro atoms. The lowest BCUT2D eigenvalue weighted by molar-refractivity contribution is -0.115. The average molecular weight is 460 g/mol. The van der Waals surface area contributed by atoms with Crippen LogP contribution in [0.25, 0.3) is 12.2 Å². The third kappa shape index (κ3) is 5.53. The first kappa shape index (κ1) is 22.6. The fraction of sp³-hybridized carbons (Fsp3) is 0.182. The van der Waals surface area contributed by atoms with E-state index in [1.54, 1.807) is 63.3 Å².